The van der Waals surface area contributed by atoms with Crippen molar-refractivity contribution in [2.45, 2.75) is 25.3 Å². The monoisotopic (exact) mass is 273 g/mol. The lowest BCUT2D eigenvalue weighted by Gasteiger charge is -2.29. The summed E-state index contributed by atoms with van der Waals surface area (Å²) in [4.78, 5) is 16.9. The van der Waals surface area contributed by atoms with Crippen LogP contribution in [0.3, 0.4) is 0 Å². The predicted octanol–water partition coefficient (Wildman–Crippen LogP) is 1.50. The van der Waals surface area contributed by atoms with E-state index < -0.39 is 0 Å². The topological polar surface area (TPSA) is 35.6 Å². The SMILES string of the molecule is CN1CCC(NC(=O)c2ccc3c(c2)CCN3C)CC1. The summed E-state index contributed by atoms with van der Waals surface area (Å²) in [5.74, 6) is 0.0805. The predicted molar refractivity (Wildman–Crippen MR) is 81.4 cm³/mol. The maximum absolute atomic E-state index is 12.3. The first-order valence-corrected chi connectivity index (χ1v) is 7.47. The van der Waals surface area contributed by atoms with Crippen molar-refractivity contribution in [3.05, 3.63) is 29.3 Å². The third kappa shape index (κ3) is 2.66. The lowest BCUT2D eigenvalue weighted by molar-refractivity contribution is 0.0917. The van der Waals surface area contributed by atoms with Crippen molar-refractivity contribution >= 4 is 11.6 Å². The molecule has 2 aliphatic rings. The van der Waals surface area contributed by atoms with E-state index in [-0.39, 0.29) is 5.91 Å². The molecular formula is C16H23N3O. The van der Waals surface area contributed by atoms with Crippen LogP contribution in [0.2, 0.25) is 0 Å². The summed E-state index contributed by atoms with van der Waals surface area (Å²) < 4.78 is 0. The van der Waals surface area contributed by atoms with Gasteiger partial charge in [-0.05, 0) is 63.2 Å². The largest absolute Gasteiger partial charge is 0.374 e. The second-order valence-electron chi connectivity index (χ2n) is 6.07. The molecule has 4 heteroatoms. The van der Waals surface area contributed by atoms with Crippen LogP contribution in [0, 0.1) is 0 Å². The van der Waals surface area contributed by atoms with Gasteiger partial charge < -0.3 is 15.1 Å². The first-order chi connectivity index (χ1) is 9.63. The summed E-state index contributed by atoms with van der Waals surface area (Å²) in [6.45, 7) is 3.19. The van der Waals surface area contributed by atoms with Gasteiger partial charge in [0.2, 0.25) is 0 Å². The molecule has 0 radical (unpaired) electrons. The molecule has 1 fully saturated rings. The number of piperidine rings is 1. The molecule has 2 aliphatic heterocycles. The number of hydrogen-bond acceptors (Lipinski definition) is 3. The minimum absolute atomic E-state index is 0.0805. The number of nitrogens with one attached hydrogen (secondary N) is 1. The Hall–Kier alpha value is -1.55. The summed E-state index contributed by atoms with van der Waals surface area (Å²) in [7, 11) is 4.24. The van der Waals surface area contributed by atoms with Gasteiger partial charge in [-0.25, -0.2) is 0 Å². The van der Waals surface area contributed by atoms with Crippen LogP contribution in [-0.4, -0.2) is 50.6 Å². The highest BCUT2D eigenvalue weighted by Crippen LogP contribution is 2.27. The second kappa shape index (κ2) is 5.44. The second-order valence-corrected chi connectivity index (χ2v) is 6.07. The molecule has 20 heavy (non-hydrogen) atoms. The Labute approximate surface area is 120 Å². The Bertz CT molecular complexity index is 506. The van der Waals surface area contributed by atoms with Crippen LogP contribution in [0.15, 0.2) is 18.2 Å². The molecule has 4 nitrogen and oxygen atoms in total. The number of fused-ring (bicyclic) bond motifs is 1. The zero-order valence-corrected chi connectivity index (χ0v) is 12.4. The lowest BCUT2D eigenvalue weighted by atomic mass is 10.0. The van der Waals surface area contributed by atoms with E-state index in [0.717, 1.165) is 44.5 Å². The van der Waals surface area contributed by atoms with Gasteiger partial charge in [-0.1, -0.05) is 0 Å². The van der Waals surface area contributed by atoms with Crippen LogP contribution >= 0.6 is 0 Å². The molecule has 1 amide bonds. The van der Waals surface area contributed by atoms with Crippen LogP contribution in [-0.2, 0) is 6.42 Å². The smallest absolute Gasteiger partial charge is 0.251 e. The van der Waals surface area contributed by atoms with Gasteiger partial charge in [0.05, 0.1) is 0 Å². The molecule has 0 bridgehead atoms. The minimum Gasteiger partial charge on any atom is -0.374 e. The first kappa shape index (κ1) is 13.4. The van der Waals surface area contributed by atoms with Crippen molar-refractivity contribution < 1.29 is 4.79 Å². The number of nitrogens with zero attached hydrogens (tertiary/aromatic N) is 2. The Morgan fingerprint density at radius 2 is 1.95 bits per heavy atom. The third-order valence-electron chi connectivity index (χ3n) is 4.52. The van der Waals surface area contributed by atoms with Crippen LogP contribution in [0.25, 0.3) is 0 Å². The summed E-state index contributed by atoms with van der Waals surface area (Å²) in [6, 6.07) is 6.41. The highest BCUT2D eigenvalue weighted by atomic mass is 16.1. The zero-order valence-electron chi connectivity index (χ0n) is 12.4. The lowest BCUT2D eigenvalue weighted by Crippen LogP contribution is -2.43. The minimum atomic E-state index is 0.0805. The van der Waals surface area contributed by atoms with E-state index in [9.17, 15) is 4.79 Å². The average Bonchev–Trinajstić information content (AvgIpc) is 2.82. The van der Waals surface area contributed by atoms with Crippen molar-refractivity contribution in [2.24, 2.45) is 0 Å². The molecular weight excluding hydrogens is 250 g/mol. The van der Waals surface area contributed by atoms with E-state index in [1.807, 2.05) is 6.07 Å². The summed E-state index contributed by atoms with van der Waals surface area (Å²) in [5.41, 5.74) is 3.36. The highest BCUT2D eigenvalue weighted by molar-refractivity contribution is 5.95. The van der Waals surface area contributed by atoms with E-state index in [1.54, 1.807) is 0 Å². The molecule has 1 N–H and O–H groups in total. The Kier molecular flexibility index (Phi) is 3.66. The molecule has 2 heterocycles. The quantitative estimate of drug-likeness (QED) is 0.887. The van der Waals surface area contributed by atoms with Gasteiger partial charge >= 0.3 is 0 Å². The van der Waals surface area contributed by atoms with Crippen molar-refractivity contribution in [3.63, 3.8) is 0 Å². The van der Waals surface area contributed by atoms with Crippen molar-refractivity contribution in [1.82, 2.24) is 10.2 Å². The molecule has 3 rings (SSSR count). The number of anilines is 1. The Morgan fingerprint density at radius 3 is 2.70 bits per heavy atom. The maximum Gasteiger partial charge on any atom is 0.251 e. The molecule has 0 saturated carbocycles. The molecule has 108 valence electrons. The third-order valence-corrected chi connectivity index (χ3v) is 4.52. The number of carbonyl (C=O) groups is 1. The molecule has 1 aromatic carbocycles. The number of amides is 1. The number of carbonyl (C=O) groups excluding carboxylic acids is 1. The van der Waals surface area contributed by atoms with Crippen LogP contribution in [0.5, 0.6) is 0 Å². The van der Waals surface area contributed by atoms with Crippen molar-refractivity contribution in [1.29, 1.82) is 0 Å². The fraction of sp³-hybridized carbons (Fsp3) is 0.562. The average molecular weight is 273 g/mol. The van der Waals surface area contributed by atoms with E-state index in [4.69, 9.17) is 0 Å². The fourth-order valence-electron chi connectivity index (χ4n) is 3.13. The van der Waals surface area contributed by atoms with Gasteiger partial charge in [-0.2, -0.15) is 0 Å². The normalized spacial score (nSPS) is 20.0. The maximum atomic E-state index is 12.3. The van der Waals surface area contributed by atoms with Crippen LogP contribution < -0.4 is 10.2 Å². The summed E-state index contributed by atoms with van der Waals surface area (Å²) >= 11 is 0. The summed E-state index contributed by atoms with van der Waals surface area (Å²) in [6.07, 6.45) is 3.15. The summed E-state index contributed by atoms with van der Waals surface area (Å²) in [5, 5.41) is 3.18. The zero-order chi connectivity index (χ0) is 14.1. The van der Waals surface area contributed by atoms with Gasteiger partial charge in [0.25, 0.3) is 5.91 Å². The van der Waals surface area contributed by atoms with Gasteiger partial charge in [0.1, 0.15) is 0 Å². The number of likely N-dealkylation sites (tertiary alicyclic amines) is 1. The van der Waals surface area contributed by atoms with Crippen LogP contribution in [0.4, 0.5) is 5.69 Å². The molecule has 0 atom stereocenters. The molecule has 1 saturated heterocycles. The number of benzene rings is 1. The Balaban J connectivity index is 1.66. The Morgan fingerprint density at radius 1 is 1.20 bits per heavy atom. The fourth-order valence-corrected chi connectivity index (χ4v) is 3.13. The molecule has 0 aliphatic carbocycles. The number of likely N-dealkylation sites (N-methyl/N-ethyl adjacent to an activating group) is 1. The van der Waals surface area contributed by atoms with Gasteiger partial charge in [-0.3, -0.25) is 4.79 Å². The molecule has 0 aromatic heterocycles. The van der Waals surface area contributed by atoms with Gasteiger partial charge in [0.15, 0.2) is 0 Å². The van der Waals surface area contributed by atoms with Gasteiger partial charge in [0, 0.05) is 30.9 Å². The molecule has 0 spiro atoms. The van der Waals surface area contributed by atoms with Gasteiger partial charge in [-0.15, -0.1) is 0 Å². The van der Waals surface area contributed by atoms with Crippen molar-refractivity contribution in [2.75, 3.05) is 38.6 Å². The molecule has 0 unspecified atom stereocenters. The van der Waals surface area contributed by atoms with E-state index in [2.05, 4.69) is 41.3 Å². The van der Waals surface area contributed by atoms with Crippen LogP contribution in [0.1, 0.15) is 28.8 Å². The highest BCUT2D eigenvalue weighted by Gasteiger charge is 2.21. The first-order valence-electron chi connectivity index (χ1n) is 7.47. The van der Waals surface area contributed by atoms with E-state index in [1.165, 1.54) is 11.3 Å². The molecule has 1 aromatic rings. The number of rotatable bonds is 2. The van der Waals surface area contributed by atoms with E-state index in [0.29, 0.717) is 6.04 Å². The van der Waals surface area contributed by atoms with E-state index >= 15 is 0 Å². The van der Waals surface area contributed by atoms with Crippen molar-refractivity contribution in [3.8, 4) is 0 Å². The standard InChI is InChI=1S/C16H23N3O/c1-18-8-6-14(7-9-18)17-16(20)13-3-4-15-12(11-13)5-10-19(15)2/h3-4,11,14H,5-10H2,1-2H3,(H,17,20). The number of hydrogen-bond donors (Lipinski definition) is 1.